The highest BCUT2D eigenvalue weighted by Crippen LogP contribution is 2.41. The molecule has 0 bridgehead atoms. The van der Waals surface area contributed by atoms with Crippen LogP contribution in [0.2, 0.25) is 0 Å². The largest absolute Gasteiger partial charge is 0.379 e. The summed E-state index contributed by atoms with van der Waals surface area (Å²) in [6, 6.07) is 17.9. The molecule has 35 heavy (non-hydrogen) atoms. The quantitative estimate of drug-likeness (QED) is 0.581. The highest BCUT2D eigenvalue weighted by atomic mass is 16.5. The number of nitrogens with zero attached hydrogens (tertiary/aromatic N) is 2. The Morgan fingerprint density at radius 2 is 1.69 bits per heavy atom. The van der Waals surface area contributed by atoms with Crippen molar-refractivity contribution in [2.75, 3.05) is 31.2 Å². The van der Waals surface area contributed by atoms with E-state index in [4.69, 9.17) is 4.74 Å². The zero-order valence-corrected chi connectivity index (χ0v) is 19.5. The van der Waals surface area contributed by atoms with Crippen molar-refractivity contribution < 1.29 is 19.1 Å². The average Bonchev–Trinajstić information content (AvgIpc) is 3.15. The minimum absolute atomic E-state index is 0.176. The molecule has 3 heterocycles. The van der Waals surface area contributed by atoms with E-state index in [1.165, 1.54) is 11.1 Å². The summed E-state index contributed by atoms with van der Waals surface area (Å²) in [6.45, 7) is 4.47. The Kier molecular flexibility index (Phi) is 5.59. The van der Waals surface area contributed by atoms with Crippen molar-refractivity contribution in [1.82, 2.24) is 10.2 Å². The average molecular weight is 470 g/mol. The van der Waals surface area contributed by atoms with Crippen molar-refractivity contribution in [1.29, 1.82) is 0 Å². The first-order valence-electron chi connectivity index (χ1n) is 12.2. The summed E-state index contributed by atoms with van der Waals surface area (Å²) < 4.78 is 5.44. The number of carbonyl (C=O) groups is 3. The van der Waals surface area contributed by atoms with Crippen molar-refractivity contribution in [3.63, 3.8) is 0 Å². The van der Waals surface area contributed by atoms with Gasteiger partial charge in [-0.15, -0.1) is 0 Å². The zero-order valence-electron chi connectivity index (χ0n) is 19.5. The zero-order chi connectivity index (χ0) is 23.9. The lowest BCUT2D eigenvalue weighted by Gasteiger charge is -2.30. The van der Waals surface area contributed by atoms with Gasteiger partial charge in [-0.05, 0) is 47.1 Å². The first-order chi connectivity index (χ1) is 17.1. The fourth-order valence-corrected chi connectivity index (χ4v) is 5.46. The number of benzene rings is 3. The van der Waals surface area contributed by atoms with Gasteiger partial charge in [-0.25, -0.2) is 0 Å². The Morgan fingerprint density at radius 1 is 0.914 bits per heavy atom. The number of piperidine rings is 1. The van der Waals surface area contributed by atoms with Crippen LogP contribution in [0.1, 0.15) is 39.9 Å². The molecule has 7 heteroatoms. The Morgan fingerprint density at radius 3 is 2.46 bits per heavy atom. The number of anilines is 1. The molecule has 1 N–H and O–H groups in total. The molecule has 0 saturated carbocycles. The molecule has 2 saturated heterocycles. The molecule has 3 aliphatic heterocycles. The molecule has 7 nitrogen and oxygen atoms in total. The van der Waals surface area contributed by atoms with E-state index in [0.29, 0.717) is 12.0 Å². The van der Waals surface area contributed by atoms with Crippen LogP contribution in [0.25, 0.3) is 10.8 Å². The minimum atomic E-state index is -0.666. The summed E-state index contributed by atoms with van der Waals surface area (Å²) in [5.41, 5.74) is 5.01. The van der Waals surface area contributed by atoms with Crippen molar-refractivity contribution in [2.24, 2.45) is 0 Å². The number of imide groups is 1. The lowest BCUT2D eigenvalue weighted by molar-refractivity contribution is -0.134. The van der Waals surface area contributed by atoms with Crippen LogP contribution in [0.5, 0.6) is 0 Å². The van der Waals surface area contributed by atoms with Crippen LogP contribution in [-0.4, -0.2) is 55.0 Å². The van der Waals surface area contributed by atoms with E-state index >= 15 is 0 Å². The first kappa shape index (κ1) is 21.9. The van der Waals surface area contributed by atoms with Gasteiger partial charge in [-0.2, -0.15) is 0 Å². The highest BCUT2D eigenvalue weighted by molar-refractivity contribution is 6.27. The fraction of sp³-hybridized carbons (Fsp3) is 0.321. The Balaban J connectivity index is 1.27. The highest BCUT2D eigenvalue weighted by Gasteiger charge is 2.40. The Labute approximate surface area is 203 Å². The summed E-state index contributed by atoms with van der Waals surface area (Å²) in [7, 11) is 0. The van der Waals surface area contributed by atoms with Gasteiger partial charge >= 0.3 is 0 Å². The second-order valence-corrected chi connectivity index (χ2v) is 9.50. The number of ether oxygens (including phenoxy) is 1. The van der Waals surface area contributed by atoms with E-state index in [1.54, 1.807) is 4.90 Å². The summed E-state index contributed by atoms with van der Waals surface area (Å²) in [5, 5.41) is 4.30. The predicted molar refractivity (Wildman–Crippen MR) is 132 cm³/mol. The van der Waals surface area contributed by atoms with Crippen LogP contribution < -0.4 is 10.2 Å². The van der Waals surface area contributed by atoms with E-state index in [-0.39, 0.29) is 18.2 Å². The third-order valence-corrected chi connectivity index (χ3v) is 7.27. The third-order valence-electron chi connectivity index (χ3n) is 7.27. The maximum Gasteiger partial charge on any atom is 0.259 e. The first-order valence-corrected chi connectivity index (χ1v) is 12.2. The number of morpholine rings is 1. The number of rotatable bonds is 5. The van der Waals surface area contributed by atoms with E-state index in [0.717, 1.165) is 61.3 Å². The van der Waals surface area contributed by atoms with Crippen LogP contribution >= 0.6 is 0 Å². The second-order valence-electron chi connectivity index (χ2n) is 9.50. The van der Waals surface area contributed by atoms with Gasteiger partial charge in [0.15, 0.2) is 0 Å². The molecular formula is C28H27N3O4. The molecule has 3 aromatic rings. The van der Waals surface area contributed by atoms with Crippen molar-refractivity contribution in [2.45, 2.75) is 31.8 Å². The molecule has 2 fully saturated rings. The van der Waals surface area contributed by atoms with Gasteiger partial charge in [0.25, 0.3) is 5.91 Å². The minimum Gasteiger partial charge on any atom is -0.379 e. The third kappa shape index (κ3) is 4.00. The molecule has 1 atom stereocenters. The maximum atomic E-state index is 13.3. The van der Waals surface area contributed by atoms with Crippen LogP contribution in [0, 0.1) is 0 Å². The molecule has 0 unspecified atom stereocenters. The second kappa shape index (κ2) is 8.91. The molecule has 0 aromatic heterocycles. The lowest BCUT2D eigenvalue weighted by atomic mass is 9.95. The number of carbonyl (C=O) groups excluding carboxylic acids is 3. The molecule has 0 radical (unpaired) electrons. The van der Waals surface area contributed by atoms with Crippen LogP contribution in [0.15, 0.2) is 54.6 Å². The molecule has 6 rings (SSSR count). The lowest BCUT2D eigenvalue weighted by Crippen LogP contribution is -2.53. The van der Waals surface area contributed by atoms with Crippen LogP contribution in [0.3, 0.4) is 0 Å². The van der Waals surface area contributed by atoms with Gasteiger partial charge in [-0.1, -0.05) is 42.5 Å². The number of hydrogen-bond acceptors (Lipinski definition) is 5. The standard InChI is InChI=1S/C28H27N3O4/c32-25-11-10-24(27(33)29-25)31-23-9-8-20(21-2-1-3-22(26(21)23)28(31)34)16-18-4-6-19(7-5-18)17-30-12-14-35-15-13-30/h1-9,24H,10-17H2,(H,29,32,33)/t24-/m1/s1. The maximum absolute atomic E-state index is 13.3. The molecular weight excluding hydrogens is 442 g/mol. The number of nitrogens with one attached hydrogen (secondary N) is 1. The van der Waals surface area contributed by atoms with Gasteiger partial charge in [0.1, 0.15) is 6.04 Å². The van der Waals surface area contributed by atoms with Gasteiger partial charge in [-0.3, -0.25) is 29.5 Å². The predicted octanol–water partition coefficient (Wildman–Crippen LogP) is 3.03. The fourth-order valence-electron chi connectivity index (χ4n) is 5.46. The number of amides is 3. The van der Waals surface area contributed by atoms with E-state index in [2.05, 4.69) is 40.5 Å². The van der Waals surface area contributed by atoms with E-state index in [9.17, 15) is 14.4 Å². The smallest absolute Gasteiger partial charge is 0.259 e. The monoisotopic (exact) mass is 469 g/mol. The molecule has 0 spiro atoms. The van der Waals surface area contributed by atoms with E-state index < -0.39 is 11.9 Å². The molecule has 3 aromatic carbocycles. The summed E-state index contributed by atoms with van der Waals surface area (Å²) in [4.78, 5) is 41.5. The summed E-state index contributed by atoms with van der Waals surface area (Å²) in [5.74, 6) is -0.867. The Bertz CT molecular complexity index is 1330. The van der Waals surface area contributed by atoms with Gasteiger partial charge in [0, 0.05) is 37.0 Å². The Hall–Kier alpha value is -3.55. The van der Waals surface area contributed by atoms with Gasteiger partial charge < -0.3 is 4.74 Å². The summed E-state index contributed by atoms with van der Waals surface area (Å²) >= 11 is 0. The molecule has 0 aliphatic carbocycles. The summed E-state index contributed by atoms with van der Waals surface area (Å²) in [6.07, 6.45) is 1.33. The SMILES string of the molecule is O=C1CC[C@@H](N2C(=O)c3cccc4c(Cc5ccc(CN6CCOCC6)cc5)ccc2c34)C(=O)N1. The molecule has 3 aliphatic rings. The van der Waals surface area contributed by atoms with Gasteiger partial charge in [0.2, 0.25) is 11.8 Å². The van der Waals surface area contributed by atoms with Crippen LogP contribution in [0.4, 0.5) is 5.69 Å². The van der Waals surface area contributed by atoms with Gasteiger partial charge in [0.05, 0.1) is 18.9 Å². The molecule has 178 valence electrons. The topological polar surface area (TPSA) is 79.0 Å². The van der Waals surface area contributed by atoms with Crippen molar-refractivity contribution >= 4 is 34.2 Å². The molecule has 3 amide bonds. The normalized spacial score (nSPS) is 20.5. The number of hydrogen-bond donors (Lipinski definition) is 1. The van der Waals surface area contributed by atoms with E-state index in [1.807, 2.05) is 24.3 Å². The van der Waals surface area contributed by atoms with Crippen molar-refractivity contribution in [3.05, 3.63) is 76.9 Å². The van der Waals surface area contributed by atoms with Crippen molar-refractivity contribution in [3.8, 4) is 0 Å². The van der Waals surface area contributed by atoms with Crippen LogP contribution in [-0.2, 0) is 27.3 Å².